The first-order valence-electron chi connectivity index (χ1n) is 10.2. The third-order valence-electron chi connectivity index (χ3n) is 5.33. The third kappa shape index (κ3) is 3.97. The summed E-state index contributed by atoms with van der Waals surface area (Å²) >= 11 is 0. The highest BCUT2D eigenvalue weighted by molar-refractivity contribution is 6.15. The first kappa shape index (κ1) is 20.8. The Bertz CT molecular complexity index is 1220. The number of pyridine rings is 1. The molecule has 1 atom stereocenters. The fourth-order valence-electron chi connectivity index (χ4n) is 3.93. The number of rotatable bonds is 8. The summed E-state index contributed by atoms with van der Waals surface area (Å²) in [6.45, 7) is 5.47. The van der Waals surface area contributed by atoms with Crippen molar-refractivity contribution < 1.29 is 19.4 Å². The van der Waals surface area contributed by atoms with Gasteiger partial charge in [-0.1, -0.05) is 38.1 Å². The number of hydrogen-bond acceptors (Lipinski definition) is 6. The Morgan fingerprint density at radius 2 is 1.74 bits per heavy atom. The molecule has 4 rings (SSSR count). The molecule has 2 aromatic carbocycles. The van der Waals surface area contributed by atoms with E-state index in [9.17, 15) is 15.0 Å². The number of benzene rings is 2. The van der Waals surface area contributed by atoms with Gasteiger partial charge in [0.2, 0.25) is 0 Å². The minimum Gasteiger partial charge on any atom is -0.507 e. The summed E-state index contributed by atoms with van der Waals surface area (Å²) in [6.07, 6.45) is 4.60. The summed E-state index contributed by atoms with van der Waals surface area (Å²) in [5, 5.41) is 29.7. The largest absolute Gasteiger partial charge is 0.507 e. The maximum atomic E-state index is 12.0. The van der Waals surface area contributed by atoms with Crippen molar-refractivity contribution in [2.24, 2.45) is 0 Å². The number of carboxylic acid groups (broad SMARTS) is 1. The van der Waals surface area contributed by atoms with Gasteiger partial charge in [0.1, 0.15) is 23.2 Å². The SMILES string of the molecule is CC(C)NCCNC(c1ccncc1)c1c(O)c2ccccc2c2occ(C(=O)O)c12. The molecule has 0 aliphatic heterocycles. The molecular weight excluding hydrogens is 394 g/mol. The van der Waals surface area contributed by atoms with Crippen LogP contribution in [0.15, 0.2) is 59.5 Å². The zero-order chi connectivity index (χ0) is 22.0. The second-order valence-electron chi connectivity index (χ2n) is 7.74. The molecule has 7 heteroatoms. The molecule has 2 heterocycles. The lowest BCUT2D eigenvalue weighted by Crippen LogP contribution is -2.34. The van der Waals surface area contributed by atoms with Crippen LogP contribution in [0.2, 0.25) is 0 Å². The van der Waals surface area contributed by atoms with Gasteiger partial charge >= 0.3 is 5.97 Å². The minimum absolute atomic E-state index is 0.0206. The Balaban J connectivity index is 1.95. The Hall–Kier alpha value is -3.42. The van der Waals surface area contributed by atoms with E-state index in [1.807, 2.05) is 30.3 Å². The smallest absolute Gasteiger partial charge is 0.339 e. The van der Waals surface area contributed by atoms with Crippen LogP contribution in [-0.2, 0) is 0 Å². The van der Waals surface area contributed by atoms with Crippen molar-refractivity contribution in [3.63, 3.8) is 0 Å². The van der Waals surface area contributed by atoms with Crippen molar-refractivity contribution in [3.8, 4) is 5.75 Å². The van der Waals surface area contributed by atoms with Crippen molar-refractivity contribution in [3.05, 3.63) is 71.7 Å². The van der Waals surface area contributed by atoms with Crippen molar-refractivity contribution >= 4 is 27.7 Å². The fraction of sp³-hybridized carbons (Fsp3) is 0.250. The zero-order valence-corrected chi connectivity index (χ0v) is 17.4. The van der Waals surface area contributed by atoms with Crippen LogP contribution in [0.3, 0.4) is 0 Å². The van der Waals surface area contributed by atoms with Gasteiger partial charge in [-0.15, -0.1) is 0 Å². The number of furan rings is 1. The Labute approximate surface area is 179 Å². The average molecular weight is 419 g/mol. The molecule has 160 valence electrons. The number of hydrogen-bond donors (Lipinski definition) is 4. The van der Waals surface area contributed by atoms with E-state index >= 15 is 0 Å². The van der Waals surface area contributed by atoms with Gasteiger partial charge in [-0.2, -0.15) is 0 Å². The van der Waals surface area contributed by atoms with Crippen LogP contribution < -0.4 is 10.6 Å². The molecule has 0 saturated carbocycles. The van der Waals surface area contributed by atoms with Crippen LogP contribution in [0.4, 0.5) is 0 Å². The number of aromatic nitrogens is 1. The fourth-order valence-corrected chi connectivity index (χ4v) is 3.93. The van der Waals surface area contributed by atoms with Crippen LogP contribution >= 0.6 is 0 Å². The lowest BCUT2D eigenvalue weighted by molar-refractivity contribution is 0.0698. The van der Waals surface area contributed by atoms with Crippen molar-refractivity contribution in [2.45, 2.75) is 25.9 Å². The summed E-state index contributed by atoms with van der Waals surface area (Å²) in [5.74, 6) is -1.07. The monoisotopic (exact) mass is 419 g/mol. The summed E-state index contributed by atoms with van der Waals surface area (Å²) < 4.78 is 5.72. The van der Waals surface area contributed by atoms with E-state index in [2.05, 4.69) is 29.5 Å². The Morgan fingerprint density at radius 3 is 2.42 bits per heavy atom. The summed E-state index contributed by atoms with van der Waals surface area (Å²) in [4.78, 5) is 16.1. The second-order valence-corrected chi connectivity index (χ2v) is 7.74. The average Bonchev–Trinajstić information content (AvgIpc) is 3.21. The molecule has 0 aliphatic rings. The third-order valence-corrected chi connectivity index (χ3v) is 5.33. The van der Waals surface area contributed by atoms with Gasteiger partial charge < -0.3 is 25.3 Å². The van der Waals surface area contributed by atoms with Gasteiger partial charge in [0.05, 0.1) is 6.04 Å². The van der Waals surface area contributed by atoms with Crippen molar-refractivity contribution in [2.75, 3.05) is 13.1 Å². The lowest BCUT2D eigenvalue weighted by atomic mass is 9.90. The number of nitrogens with one attached hydrogen (secondary N) is 2. The van der Waals surface area contributed by atoms with Crippen molar-refractivity contribution in [1.29, 1.82) is 0 Å². The van der Waals surface area contributed by atoms with E-state index in [1.165, 1.54) is 6.26 Å². The number of carboxylic acids is 1. The first-order valence-corrected chi connectivity index (χ1v) is 10.2. The number of phenols is 1. The van der Waals surface area contributed by atoms with E-state index in [-0.39, 0.29) is 11.3 Å². The standard InChI is InChI=1S/C24H25N3O4/c1-14(2)26-11-12-27-21(15-7-9-25-10-8-15)20-19-18(24(29)30)13-31-23(19)17-6-4-3-5-16(17)22(20)28/h3-10,13-14,21,26-28H,11-12H2,1-2H3,(H,29,30). The van der Waals surface area contributed by atoms with E-state index in [4.69, 9.17) is 4.42 Å². The maximum absolute atomic E-state index is 12.0. The number of nitrogens with zero attached hydrogens (tertiary/aromatic N) is 1. The molecule has 0 aliphatic carbocycles. The topological polar surface area (TPSA) is 108 Å². The molecule has 1 unspecified atom stereocenters. The second kappa shape index (κ2) is 8.75. The molecule has 7 nitrogen and oxygen atoms in total. The number of aromatic hydroxyl groups is 1. The Kier molecular flexibility index (Phi) is 5.88. The Morgan fingerprint density at radius 1 is 1.06 bits per heavy atom. The van der Waals surface area contributed by atoms with Gasteiger partial charge in [-0.3, -0.25) is 4.98 Å². The normalized spacial score (nSPS) is 12.6. The van der Waals surface area contributed by atoms with Crippen LogP contribution in [0.25, 0.3) is 21.7 Å². The van der Waals surface area contributed by atoms with Crippen LogP contribution in [0.1, 0.15) is 41.4 Å². The molecule has 0 fully saturated rings. The summed E-state index contributed by atoms with van der Waals surface area (Å²) in [7, 11) is 0. The molecule has 0 spiro atoms. The highest BCUT2D eigenvalue weighted by Crippen LogP contribution is 2.44. The predicted octanol–water partition coefficient (Wildman–Crippen LogP) is 4.06. The van der Waals surface area contributed by atoms with E-state index in [0.29, 0.717) is 46.4 Å². The van der Waals surface area contributed by atoms with Crippen LogP contribution in [0.5, 0.6) is 5.75 Å². The molecule has 0 amide bonds. The first-order chi connectivity index (χ1) is 15.0. The quantitative estimate of drug-likeness (QED) is 0.319. The summed E-state index contributed by atoms with van der Waals surface area (Å²) in [6, 6.07) is 10.9. The highest BCUT2D eigenvalue weighted by atomic mass is 16.4. The van der Waals surface area contributed by atoms with Gasteiger partial charge in [-0.05, 0) is 17.7 Å². The van der Waals surface area contributed by atoms with Gasteiger partial charge in [0.15, 0.2) is 0 Å². The number of fused-ring (bicyclic) bond motifs is 3. The molecule has 0 bridgehead atoms. The molecule has 0 saturated heterocycles. The number of aromatic carboxylic acids is 1. The molecular formula is C24H25N3O4. The van der Waals surface area contributed by atoms with E-state index < -0.39 is 12.0 Å². The number of carbonyl (C=O) groups is 1. The minimum atomic E-state index is -1.11. The van der Waals surface area contributed by atoms with Gasteiger partial charge in [0.25, 0.3) is 0 Å². The van der Waals surface area contributed by atoms with Gasteiger partial charge in [0, 0.05) is 53.2 Å². The molecule has 31 heavy (non-hydrogen) atoms. The van der Waals surface area contributed by atoms with E-state index in [0.717, 1.165) is 5.56 Å². The molecule has 4 aromatic rings. The zero-order valence-electron chi connectivity index (χ0n) is 17.4. The summed E-state index contributed by atoms with van der Waals surface area (Å²) in [5.41, 5.74) is 1.81. The van der Waals surface area contributed by atoms with Crippen LogP contribution in [-0.4, -0.2) is 40.3 Å². The van der Waals surface area contributed by atoms with Gasteiger partial charge in [-0.25, -0.2) is 4.79 Å². The highest BCUT2D eigenvalue weighted by Gasteiger charge is 2.28. The van der Waals surface area contributed by atoms with Crippen molar-refractivity contribution in [1.82, 2.24) is 15.6 Å². The lowest BCUT2D eigenvalue weighted by Gasteiger charge is -2.23. The predicted molar refractivity (Wildman–Crippen MR) is 120 cm³/mol. The van der Waals surface area contributed by atoms with Crippen LogP contribution in [0, 0.1) is 0 Å². The maximum Gasteiger partial charge on any atom is 0.339 e. The van der Waals surface area contributed by atoms with E-state index in [1.54, 1.807) is 18.5 Å². The number of phenolic OH excluding ortho intramolecular Hbond substituents is 1. The molecule has 2 aromatic heterocycles. The molecule has 4 N–H and O–H groups in total. The molecule has 0 radical (unpaired) electrons.